The molecule has 1 atom stereocenters. The quantitative estimate of drug-likeness (QED) is 0.0930. The third kappa shape index (κ3) is 11.1. The number of carbonyl (C=O) groups is 1. The van der Waals surface area contributed by atoms with E-state index >= 15 is 0 Å². The van der Waals surface area contributed by atoms with Crippen LogP contribution in [0.1, 0.15) is 64.8 Å². The Labute approximate surface area is 398 Å². The van der Waals surface area contributed by atoms with Crippen LogP contribution in [-0.2, 0) is 28.7 Å². The molecule has 1 amide bonds. The molecule has 0 saturated carbocycles. The van der Waals surface area contributed by atoms with Gasteiger partial charge in [-0.15, -0.1) is 0 Å². The summed E-state index contributed by atoms with van der Waals surface area (Å²) in [4.78, 5) is 33.2. The maximum Gasteiger partial charge on any atom is 0.410 e. The number of rotatable bonds is 15. The summed E-state index contributed by atoms with van der Waals surface area (Å²) in [5, 5.41) is 4.56. The molecule has 11 nitrogen and oxygen atoms in total. The van der Waals surface area contributed by atoms with Gasteiger partial charge in [-0.2, -0.15) is 9.97 Å². The molecule has 12 heteroatoms. The van der Waals surface area contributed by atoms with Crippen LogP contribution in [-0.4, -0.2) is 106 Å². The Balaban J connectivity index is 1.11. The van der Waals surface area contributed by atoms with E-state index in [2.05, 4.69) is 145 Å². The van der Waals surface area contributed by atoms with Gasteiger partial charge in [-0.25, -0.2) is 4.79 Å². The Bertz CT molecular complexity index is 2550. The molecule has 0 spiro atoms. The molecule has 0 radical (unpaired) electrons. The van der Waals surface area contributed by atoms with Gasteiger partial charge in [0.15, 0.2) is 0 Å². The van der Waals surface area contributed by atoms with Crippen LogP contribution in [0, 0.1) is 0 Å². The Morgan fingerprint density at radius 1 is 0.746 bits per heavy atom. The predicted octanol–water partition coefficient (Wildman–Crippen LogP) is 9.10. The SMILES string of the molecule is CN(C)CCOc1nc2c(c(N3CCN(C(=O)OC(C)(C)C)C(CCO[Si](c4ccccc4)(c4ccccc4)C(C)(C)C)C3)n1)CCN(c1cc(OCc3ccccc3)cc3ccccc13)C2. The van der Waals surface area contributed by atoms with E-state index in [1.807, 2.05) is 58.0 Å². The van der Waals surface area contributed by atoms with E-state index in [1.54, 1.807) is 0 Å². The number of likely N-dealkylation sites (N-methyl/N-ethyl adjacent to an activating group) is 1. The molecule has 1 unspecified atom stereocenters. The average Bonchev–Trinajstić information content (AvgIpc) is 3.31. The highest BCUT2D eigenvalue weighted by atomic mass is 28.4. The predicted molar refractivity (Wildman–Crippen MR) is 273 cm³/mol. The second-order valence-corrected chi connectivity index (χ2v) is 24.4. The van der Waals surface area contributed by atoms with E-state index in [9.17, 15) is 4.79 Å². The minimum Gasteiger partial charge on any atom is -0.489 e. The molecule has 0 N–H and O–H groups in total. The molecule has 1 aromatic heterocycles. The molecule has 2 aliphatic rings. The van der Waals surface area contributed by atoms with Crippen LogP contribution in [0.4, 0.5) is 16.3 Å². The topological polar surface area (TPSA) is 92.7 Å². The Hall–Kier alpha value is -5.95. The average molecular weight is 921 g/mol. The van der Waals surface area contributed by atoms with Gasteiger partial charge in [0.25, 0.3) is 8.32 Å². The van der Waals surface area contributed by atoms with E-state index in [1.165, 1.54) is 10.4 Å². The van der Waals surface area contributed by atoms with Gasteiger partial charge in [0.05, 0.1) is 18.3 Å². The van der Waals surface area contributed by atoms with Crippen molar-refractivity contribution < 1.29 is 23.4 Å². The number of fused-ring (bicyclic) bond motifs is 2. The first kappa shape index (κ1) is 47.5. The third-order valence-electron chi connectivity index (χ3n) is 12.8. The standard InChI is InChI=1S/C55H68N6O5Si/c1-54(2,3)66-53(62)61-32-31-60(38-43(61)29-34-65-67(55(4,5)6,45-23-14-10-15-24-45)46-25-16-11-17-26-46)51-48-28-30-59(39-49(48)56-52(57-51)63-35-33-58(7)8)50-37-44(36-42-22-18-19-27-47(42)50)64-40-41-20-12-9-13-21-41/h9-27,36-37,43H,28-35,38-40H2,1-8H3. The Kier molecular flexibility index (Phi) is 14.5. The monoisotopic (exact) mass is 921 g/mol. The number of piperazine rings is 1. The van der Waals surface area contributed by atoms with E-state index in [4.69, 9.17) is 28.6 Å². The molecule has 67 heavy (non-hydrogen) atoms. The largest absolute Gasteiger partial charge is 0.489 e. The summed E-state index contributed by atoms with van der Waals surface area (Å²) >= 11 is 0. The zero-order chi connectivity index (χ0) is 47.2. The molecule has 352 valence electrons. The summed E-state index contributed by atoms with van der Waals surface area (Å²) < 4.78 is 26.3. The molecular formula is C55H68N6O5Si. The summed E-state index contributed by atoms with van der Waals surface area (Å²) in [7, 11) is 1.24. The van der Waals surface area contributed by atoms with Crippen molar-refractivity contribution >= 4 is 47.1 Å². The van der Waals surface area contributed by atoms with Gasteiger partial charge >= 0.3 is 12.1 Å². The maximum atomic E-state index is 14.1. The number of carbonyl (C=O) groups excluding carboxylic acids is 1. The highest BCUT2D eigenvalue weighted by Gasteiger charge is 2.50. The van der Waals surface area contributed by atoms with Crippen LogP contribution in [0.2, 0.25) is 5.04 Å². The van der Waals surface area contributed by atoms with Gasteiger partial charge in [0.1, 0.15) is 30.4 Å². The molecule has 2 aliphatic heterocycles. The number of hydrogen-bond donors (Lipinski definition) is 0. The van der Waals surface area contributed by atoms with E-state index < -0.39 is 13.9 Å². The first-order chi connectivity index (χ1) is 32.2. The lowest BCUT2D eigenvalue weighted by molar-refractivity contribution is 0.0117. The second-order valence-electron chi connectivity index (χ2n) is 20.1. The van der Waals surface area contributed by atoms with Crippen LogP contribution in [0.3, 0.4) is 0 Å². The summed E-state index contributed by atoms with van der Waals surface area (Å²) in [6.45, 7) is 17.7. The fourth-order valence-corrected chi connectivity index (χ4v) is 14.1. The summed E-state index contributed by atoms with van der Waals surface area (Å²) in [6.07, 6.45) is 1.04. The van der Waals surface area contributed by atoms with Crippen molar-refractivity contribution in [3.8, 4) is 11.8 Å². The van der Waals surface area contributed by atoms with Gasteiger partial charge in [-0.1, -0.05) is 136 Å². The van der Waals surface area contributed by atoms with Gasteiger partial charge in [0, 0.05) is 62.0 Å². The molecule has 0 aliphatic carbocycles. The van der Waals surface area contributed by atoms with Crippen molar-refractivity contribution in [1.29, 1.82) is 0 Å². The van der Waals surface area contributed by atoms with E-state index in [0.29, 0.717) is 58.4 Å². The first-order valence-corrected chi connectivity index (χ1v) is 25.7. The molecule has 0 bridgehead atoms. The van der Waals surface area contributed by atoms with Crippen molar-refractivity contribution in [3.63, 3.8) is 0 Å². The summed E-state index contributed by atoms with van der Waals surface area (Å²) in [5.74, 6) is 1.70. The minimum absolute atomic E-state index is 0.182. The van der Waals surface area contributed by atoms with Crippen LogP contribution >= 0.6 is 0 Å². The van der Waals surface area contributed by atoms with Gasteiger partial charge < -0.3 is 38.2 Å². The summed E-state index contributed by atoms with van der Waals surface area (Å²) in [5.41, 5.74) is 3.64. The lowest BCUT2D eigenvalue weighted by Crippen LogP contribution is -2.67. The molecule has 1 saturated heterocycles. The molecule has 5 aromatic carbocycles. The van der Waals surface area contributed by atoms with Crippen molar-refractivity contribution in [1.82, 2.24) is 19.8 Å². The van der Waals surface area contributed by atoms with Crippen LogP contribution < -0.4 is 29.6 Å². The van der Waals surface area contributed by atoms with Crippen molar-refractivity contribution in [2.24, 2.45) is 0 Å². The van der Waals surface area contributed by atoms with Crippen molar-refractivity contribution in [3.05, 3.63) is 144 Å². The molecule has 3 heterocycles. The maximum absolute atomic E-state index is 14.1. The number of hydrogen-bond acceptors (Lipinski definition) is 10. The smallest absolute Gasteiger partial charge is 0.410 e. The van der Waals surface area contributed by atoms with Gasteiger partial charge in [-0.3, -0.25) is 0 Å². The number of anilines is 2. The number of amides is 1. The molecule has 8 rings (SSSR count). The van der Waals surface area contributed by atoms with Gasteiger partial charge in [-0.05, 0) is 80.1 Å². The van der Waals surface area contributed by atoms with Crippen LogP contribution in [0.5, 0.6) is 11.8 Å². The first-order valence-electron chi connectivity index (χ1n) is 23.8. The number of aromatic nitrogens is 2. The summed E-state index contributed by atoms with van der Waals surface area (Å²) in [6, 6.07) is 44.7. The van der Waals surface area contributed by atoms with Crippen molar-refractivity contribution in [2.75, 3.05) is 69.8 Å². The lowest BCUT2D eigenvalue weighted by atomic mass is 10.0. The number of nitrogens with zero attached hydrogens (tertiary/aromatic N) is 6. The highest BCUT2D eigenvalue weighted by molar-refractivity contribution is 6.99. The Morgan fingerprint density at radius 2 is 1.40 bits per heavy atom. The molecule has 6 aromatic rings. The fourth-order valence-electron chi connectivity index (χ4n) is 9.55. The zero-order valence-corrected chi connectivity index (χ0v) is 41.7. The lowest BCUT2D eigenvalue weighted by Gasteiger charge is -2.45. The highest BCUT2D eigenvalue weighted by Crippen LogP contribution is 2.39. The normalized spacial score (nSPS) is 15.7. The zero-order valence-electron chi connectivity index (χ0n) is 40.7. The molecular weight excluding hydrogens is 853 g/mol. The van der Waals surface area contributed by atoms with E-state index in [-0.39, 0.29) is 17.2 Å². The second kappa shape index (κ2) is 20.5. The fraction of sp³-hybridized carbons (Fsp3) is 0.400. The molecule has 1 fully saturated rings. The third-order valence-corrected chi connectivity index (χ3v) is 17.8. The van der Waals surface area contributed by atoms with E-state index in [0.717, 1.165) is 64.4 Å². The van der Waals surface area contributed by atoms with Gasteiger partial charge in [0.2, 0.25) is 0 Å². The number of benzene rings is 5. The van der Waals surface area contributed by atoms with Crippen LogP contribution in [0.15, 0.2) is 127 Å². The van der Waals surface area contributed by atoms with Crippen molar-refractivity contribution in [2.45, 2.75) is 84.2 Å². The minimum atomic E-state index is -2.83. The number of ether oxygens (including phenoxy) is 3. The Morgan fingerprint density at radius 3 is 2.06 bits per heavy atom. The van der Waals surface area contributed by atoms with Crippen LogP contribution in [0.25, 0.3) is 10.8 Å².